The number of allylic oxidation sites excluding steroid dienone is 1. The maximum atomic E-state index is 12.1. The van der Waals surface area contributed by atoms with Gasteiger partial charge in [0.15, 0.2) is 11.5 Å². The molecular formula is C21H20N6O3S. The molecule has 1 aliphatic rings. The number of carbonyl (C=O) groups is 1. The molecule has 3 N–H and O–H groups in total. The first-order valence-electron chi connectivity index (χ1n) is 9.47. The number of fused-ring (bicyclic) bond motifs is 1. The number of hydrogen-bond donors (Lipinski definition) is 3. The van der Waals surface area contributed by atoms with E-state index < -0.39 is 0 Å². The summed E-state index contributed by atoms with van der Waals surface area (Å²) in [5.41, 5.74) is 4.78. The zero-order valence-corrected chi connectivity index (χ0v) is 17.3. The summed E-state index contributed by atoms with van der Waals surface area (Å²) in [7, 11) is 0. The maximum Gasteiger partial charge on any atom is 0.240 e. The van der Waals surface area contributed by atoms with Crippen LogP contribution in [-0.2, 0) is 11.3 Å². The highest BCUT2D eigenvalue weighted by Crippen LogP contribution is 2.32. The zero-order chi connectivity index (χ0) is 21.3. The number of H-pyrrole nitrogens is 1. The summed E-state index contributed by atoms with van der Waals surface area (Å²) in [5.74, 6) is 1.89. The van der Waals surface area contributed by atoms with Gasteiger partial charge >= 0.3 is 0 Å². The van der Waals surface area contributed by atoms with E-state index in [9.17, 15) is 4.79 Å². The lowest BCUT2D eigenvalue weighted by Crippen LogP contribution is -2.24. The number of hydrazone groups is 1. The summed E-state index contributed by atoms with van der Waals surface area (Å²) < 4.78 is 10.6. The van der Waals surface area contributed by atoms with Crippen molar-refractivity contribution in [1.29, 1.82) is 0 Å². The summed E-state index contributed by atoms with van der Waals surface area (Å²) in [6.07, 6.45) is 5.37. The van der Waals surface area contributed by atoms with Crippen molar-refractivity contribution in [2.75, 3.05) is 18.0 Å². The molecule has 0 fully saturated rings. The Morgan fingerprint density at radius 1 is 1.19 bits per heavy atom. The van der Waals surface area contributed by atoms with Crippen molar-refractivity contribution in [2.45, 2.75) is 11.7 Å². The third-order valence-corrected chi connectivity index (χ3v) is 4.99. The molecule has 0 atom stereocenters. The molecule has 1 aliphatic heterocycles. The van der Waals surface area contributed by atoms with Crippen molar-refractivity contribution in [1.82, 2.24) is 20.5 Å². The van der Waals surface area contributed by atoms with Gasteiger partial charge in [-0.2, -0.15) is 10.1 Å². The highest BCUT2D eigenvalue weighted by atomic mass is 32.2. The predicted octanol–water partition coefficient (Wildman–Crippen LogP) is 3.05. The predicted molar refractivity (Wildman–Crippen MR) is 119 cm³/mol. The summed E-state index contributed by atoms with van der Waals surface area (Å²) in [4.78, 5) is 16.3. The Balaban J connectivity index is 1.17. The molecule has 0 aliphatic carbocycles. The standard InChI is InChI=1S/C21H20N6O3S/c28-19(22-12-16-8-9-17-18(11-16)30-14-29-17)13-31-21-24-20(26-27-21)25-23-10-4-7-15-5-2-1-3-6-15/h1-11H,12-14H2,(H,22,28)(H2,24,25,26,27)/b7-4+,23-10+. The van der Waals surface area contributed by atoms with Gasteiger partial charge in [0.05, 0.1) is 5.75 Å². The van der Waals surface area contributed by atoms with E-state index in [1.54, 1.807) is 6.21 Å². The number of carbonyl (C=O) groups excluding carboxylic acids is 1. The van der Waals surface area contributed by atoms with E-state index in [-0.39, 0.29) is 18.5 Å². The zero-order valence-electron chi connectivity index (χ0n) is 16.4. The lowest BCUT2D eigenvalue weighted by molar-refractivity contribution is -0.118. The number of amides is 1. The Labute approximate surface area is 182 Å². The van der Waals surface area contributed by atoms with E-state index in [2.05, 4.69) is 31.0 Å². The van der Waals surface area contributed by atoms with Crippen LogP contribution in [0.25, 0.3) is 6.08 Å². The number of nitrogens with zero attached hydrogens (tertiary/aromatic N) is 3. The number of rotatable bonds is 9. The molecule has 0 radical (unpaired) electrons. The van der Waals surface area contributed by atoms with Gasteiger partial charge in [-0.3, -0.25) is 4.79 Å². The number of nitrogens with one attached hydrogen (secondary N) is 3. The number of ether oxygens (including phenoxy) is 2. The molecule has 2 aromatic carbocycles. The highest BCUT2D eigenvalue weighted by Gasteiger charge is 2.13. The number of hydrogen-bond acceptors (Lipinski definition) is 8. The SMILES string of the molecule is O=C(CSc1n[nH]c(N/N=C/C=C/c2ccccc2)n1)NCc1ccc2c(c1)OCO2. The van der Waals surface area contributed by atoms with Gasteiger partial charge in [-0.25, -0.2) is 10.5 Å². The fraction of sp³-hybridized carbons (Fsp3) is 0.143. The van der Waals surface area contributed by atoms with Gasteiger partial charge in [0.1, 0.15) is 0 Å². The van der Waals surface area contributed by atoms with Crippen molar-refractivity contribution < 1.29 is 14.3 Å². The second kappa shape index (κ2) is 10.3. The van der Waals surface area contributed by atoms with Crippen LogP contribution in [0.2, 0.25) is 0 Å². The lowest BCUT2D eigenvalue weighted by atomic mass is 10.2. The minimum atomic E-state index is -0.119. The molecule has 1 amide bonds. The number of thioether (sulfide) groups is 1. The van der Waals surface area contributed by atoms with E-state index in [4.69, 9.17) is 9.47 Å². The number of aromatic amines is 1. The van der Waals surface area contributed by atoms with Gasteiger partial charge < -0.3 is 14.8 Å². The van der Waals surface area contributed by atoms with Crippen LogP contribution in [0.1, 0.15) is 11.1 Å². The van der Waals surface area contributed by atoms with Crippen LogP contribution in [0.15, 0.2) is 64.9 Å². The van der Waals surface area contributed by atoms with Crippen molar-refractivity contribution in [3.8, 4) is 11.5 Å². The van der Waals surface area contributed by atoms with E-state index in [0.717, 1.165) is 16.9 Å². The molecule has 10 heteroatoms. The molecule has 0 spiro atoms. The Hall–Kier alpha value is -3.79. The van der Waals surface area contributed by atoms with Crippen molar-refractivity contribution in [2.24, 2.45) is 5.10 Å². The normalized spacial score (nSPS) is 12.5. The van der Waals surface area contributed by atoms with Crippen LogP contribution in [0, 0.1) is 0 Å². The molecule has 4 rings (SSSR count). The van der Waals surface area contributed by atoms with Crippen molar-refractivity contribution in [3.63, 3.8) is 0 Å². The molecular weight excluding hydrogens is 416 g/mol. The fourth-order valence-electron chi connectivity index (χ4n) is 2.65. The fourth-order valence-corrected chi connectivity index (χ4v) is 3.28. The van der Waals surface area contributed by atoms with E-state index >= 15 is 0 Å². The Morgan fingerprint density at radius 2 is 2.06 bits per heavy atom. The molecule has 2 heterocycles. The molecule has 1 aromatic heterocycles. The molecule has 0 saturated carbocycles. The van der Waals surface area contributed by atoms with E-state index in [1.807, 2.05) is 60.7 Å². The molecule has 0 saturated heterocycles. The minimum Gasteiger partial charge on any atom is -0.454 e. The van der Waals surface area contributed by atoms with Gasteiger partial charge in [0, 0.05) is 12.8 Å². The quantitative estimate of drug-likeness (QED) is 0.268. The average molecular weight is 436 g/mol. The molecule has 0 bridgehead atoms. The van der Waals surface area contributed by atoms with Gasteiger partial charge in [-0.1, -0.05) is 54.2 Å². The number of anilines is 1. The summed E-state index contributed by atoms with van der Waals surface area (Å²) in [6.45, 7) is 0.632. The second-order valence-electron chi connectivity index (χ2n) is 6.38. The van der Waals surface area contributed by atoms with E-state index in [0.29, 0.717) is 23.4 Å². The lowest BCUT2D eigenvalue weighted by Gasteiger charge is -2.05. The van der Waals surface area contributed by atoms with Gasteiger partial charge in [-0.05, 0) is 29.3 Å². The second-order valence-corrected chi connectivity index (χ2v) is 7.32. The number of aromatic nitrogens is 3. The first-order chi connectivity index (χ1) is 15.3. The topological polar surface area (TPSA) is 114 Å². The summed E-state index contributed by atoms with van der Waals surface area (Å²) >= 11 is 1.23. The third kappa shape index (κ3) is 6.09. The van der Waals surface area contributed by atoms with Crippen LogP contribution >= 0.6 is 11.8 Å². The Bertz CT molecular complexity index is 1080. The van der Waals surface area contributed by atoms with Crippen LogP contribution < -0.4 is 20.2 Å². The van der Waals surface area contributed by atoms with Crippen molar-refractivity contribution in [3.05, 3.63) is 65.7 Å². The molecule has 158 valence electrons. The summed E-state index contributed by atoms with van der Waals surface area (Å²) in [6, 6.07) is 15.5. The first-order valence-corrected chi connectivity index (χ1v) is 10.5. The molecule has 9 nitrogen and oxygen atoms in total. The van der Waals surface area contributed by atoms with Gasteiger partial charge in [-0.15, -0.1) is 5.10 Å². The van der Waals surface area contributed by atoms with Crippen LogP contribution in [-0.4, -0.2) is 39.8 Å². The molecule has 3 aromatic rings. The van der Waals surface area contributed by atoms with Gasteiger partial charge in [0.25, 0.3) is 0 Å². The third-order valence-electron chi connectivity index (χ3n) is 4.14. The Kier molecular flexibility index (Phi) is 6.81. The van der Waals surface area contributed by atoms with Crippen LogP contribution in [0.4, 0.5) is 5.95 Å². The maximum absolute atomic E-state index is 12.1. The van der Waals surface area contributed by atoms with Crippen LogP contribution in [0.3, 0.4) is 0 Å². The van der Waals surface area contributed by atoms with Crippen molar-refractivity contribution >= 4 is 35.9 Å². The molecule has 31 heavy (non-hydrogen) atoms. The largest absolute Gasteiger partial charge is 0.454 e. The first kappa shape index (κ1) is 20.5. The number of benzene rings is 2. The average Bonchev–Trinajstić information content (AvgIpc) is 3.45. The highest BCUT2D eigenvalue weighted by molar-refractivity contribution is 7.99. The van der Waals surface area contributed by atoms with E-state index in [1.165, 1.54) is 11.8 Å². The van der Waals surface area contributed by atoms with Crippen LogP contribution in [0.5, 0.6) is 11.5 Å². The molecule has 0 unspecified atom stereocenters. The Morgan fingerprint density at radius 3 is 2.97 bits per heavy atom. The minimum absolute atomic E-state index is 0.119. The monoisotopic (exact) mass is 436 g/mol. The summed E-state index contributed by atoms with van der Waals surface area (Å²) in [5, 5.41) is 14.2. The smallest absolute Gasteiger partial charge is 0.240 e. The van der Waals surface area contributed by atoms with Gasteiger partial charge in [0.2, 0.25) is 23.8 Å².